The Kier molecular flexibility index (Phi) is 5.48. The molecule has 0 aliphatic rings. The van der Waals surface area contributed by atoms with E-state index in [-0.39, 0.29) is 16.8 Å². The van der Waals surface area contributed by atoms with Gasteiger partial charge in [-0.25, -0.2) is 23.1 Å². The van der Waals surface area contributed by atoms with Gasteiger partial charge in [0.05, 0.1) is 10.5 Å². The minimum Gasteiger partial charge on any atom is -0.322 e. The summed E-state index contributed by atoms with van der Waals surface area (Å²) in [5, 5.41) is 4.60. The molecule has 146 valence electrons. The number of aromatic nitrogens is 2. The van der Waals surface area contributed by atoms with E-state index in [4.69, 9.17) is 0 Å². The molecule has 28 heavy (non-hydrogen) atoms. The summed E-state index contributed by atoms with van der Waals surface area (Å²) in [5.74, 6) is -0.197. The summed E-state index contributed by atoms with van der Waals surface area (Å²) in [6.07, 6.45) is 0. The summed E-state index contributed by atoms with van der Waals surface area (Å²) < 4.78 is 27.5. The Morgan fingerprint density at radius 1 is 1.00 bits per heavy atom. The van der Waals surface area contributed by atoms with Crippen molar-refractivity contribution < 1.29 is 13.2 Å². The number of nitrogens with zero attached hydrogens (tertiary/aromatic N) is 2. The third kappa shape index (κ3) is 4.37. The van der Waals surface area contributed by atoms with Crippen molar-refractivity contribution >= 4 is 38.9 Å². The maximum Gasteiger partial charge on any atom is 0.264 e. The van der Waals surface area contributed by atoms with Crippen LogP contribution in [0.15, 0.2) is 40.6 Å². The van der Waals surface area contributed by atoms with Crippen molar-refractivity contribution in [3.63, 3.8) is 0 Å². The predicted molar refractivity (Wildman–Crippen MR) is 111 cm³/mol. The first-order valence-electron chi connectivity index (χ1n) is 8.47. The summed E-state index contributed by atoms with van der Waals surface area (Å²) in [6.45, 7) is 7.39. The molecule has 1 aromatic carbocycles. The average Bonchev–Trinajstić information content (AvgIpc) is 2.93. The summed E-state index contributed by atoms with van der Waals surface area (Å²) >= 11 is 1.52. The summed E-state index contributed by atoms with van der Waals surface area (Å²) in [7, 11) is -3.83. The normalized spacial score (nSPS) is 11.3. The molecule has 0 radical (unpaired) electrons. The Balaban J connectivity index is 1.76. The Morgan fingerprint density at radius 2 is 1.61 bits per heavy atom. The second kappa shape index (κ2) is 7.69. The number of amides is 1. The van der Waals surface area contributed by atoms with Crippen LogP contribution in [0.2, 0.25) is 0 Å². The molecular formula is C19H20N4O3S2. The number of anilines is 2. The standard InChI is InChI=1S/C19H20N4O3S2/c1-11-9-12(2)21-19(20-11)23-28(25,26)16-7-5-15(6-8-16)22-18(24)17-10-27-14(4)13(17)3/h5-10H,1-4H3,(H,22,24)(H,20,21,23). The van der Waals surface area contributed by atoms with Gasteiger partial charge in [0.2, 0.25) is 5.95 Å². The minimum absolute atomic E-state index is 0.0261. The Morgan fingerprint density at radius 3 is 2.14 bits per heavy atom. The van der Waals surface area contributed by atoms with E-state index in [0.717, 1.165) is 10.4 Å². The molecule has 1 amide bonds. The van der Waals surface area contributed by atoms with Crippen LogP contribution in [0.1, 0.15) is 32.2 Å². The third-order valence-electron chi connectivity index (χ3n) is 4.16. The molecule has 0 unspecified atom stereocenters. The van der Waals surface area contributed by atoms with Crippen LogP contribution in [-0.4, -0.2) is 24.3 Å². The minimum atomic E-state index is -3.83. The number of benzene rings is 1. The van der Waals surface area contributed by atoms with Gasteiger partial charge in [-0.3, -0.25) is 4.79 Å². The van der Waals surface area contributed by atoms with Crippen molar-refractivity contribution in [1.29, 1.82) is 0 Å². The van der Waals surface area contributed by atoms with E-state index in [1.165, 1.54) is 23.5 Å². The van der Waals surface area contributed by atoms with Gasteiger partial charge in [0.25, 0.3) is 15.9 Å². The highest BCUT2D eigenvalue weighted by atomic mass is 32.2. The van der Waals surface area contributed by atoms with Gasteiger partial charge in [-0.05, 0) is 63.6 Å². The topological polar surface area (TPSA) is 101 Å². The molecule has 2 heterocycles. The molecule has 9 heteroatoms. The number of thiophene rings is 1. The first kappa shape index (κ1) is 20.0. The monoisotopic (exact) mass is 416 g/mol. The largest absolute Gasteiger partial charge is 0.322 e. The second-order valence-electron chi connectivity index (χ2n) is 6.39. The number of carbonyl (C=O) groups excluding carboxylic acids is 1. The maximum absolute atomic E-state index is 12.5. The van der Waals surface area contributed by atoms with Gasteiger partial charge in [-0.15, -0.1) is 11.3 Å². The van der Waals surface area contributed by atoms with Crippen LogP contribution in [-0.2, 0) is 10.0 Å². The van der Waals surface area contributed by atoms with Crippen LogP contribution in [0.3, 0.4) is 0 Å². The third-order valence-corrected chi connectivity index (χ3v) is 6.52. The molecule has 2 N–H and O–H groups in total. The van der Waals surface area contributed by atoms with E-state index in [9.17, 15) is 13.2 Å². The summed E-state index contributed by atoms with van der Waals surface area (Å²) in [6, 6.07) is 7.69. The van der Waals surface area contributed by atoms with Crippen LogP contribution < -0.4 is 10.0 Å². The fraction of sp³-hybridized carbons (Fsp3) is 0.211. The molecule has 0 saturated carbocycles. The zero-order chi connectivity index (χ0) is 20.5. The molecule has 0 spiro atoms. The van der Waals surface area contributed by atoms with Gasteiger partial charge < -0.3 is 5.32 Å². The fourth-order valence-corrected chi connectivity index (χ4v) is 4.41. The lowest BCUT2D eigenvalue weighted by molar-refractivity contribution is 0.102. The number of nitrogens with one attached hydrogen (secondary N) is 2. The van der Waals surface area contributed by atoms with Crippen LogP contribution in [0, 0.1) is 27.7 Å². The van der Waals surface area contributed by atoms with Crippen LogP contribution in [0.25, 0.3) is 0 Å². The Bertz CT molecular complexity index is 1120. The van der Waals surface area contributed by atoms with E-state index in [1.54, 1.807) is 32.0 Å². The number of hydrogen-bond acceptors (Lipinski definition) is 6. The van der Waals surface area contributed by atoms with E-state index in [0.29, 0.717) is 22.6 Å². The number of sulfonamides is 1. The van der Waals surface area contributed by atoms with Crippen LogP contribution in [0.4, 0.5) is 11.6 Å². The highest BCUT2D eigenvalue weighted by Gasteiger charge is 2.17. The van der Waals surface area contributed by atoms with Gasteiger partial charge in [0, 0.05) is 27.3 Å². The number of aryl methyl sites for hydroxylation is 3. The number of hydrogen-bond donors (Lipinski definition) is 2. The number of rotatable bonds is 5. The molecule has 0 aliphatic heterocycles. The fourth-order valence-electron chi connectivity index (χ4n) is 2.60. The van der Waals surface area contributed by atoms with E-state index >= 15 is 0 Å². The van der Waals surface area contributed by atoms with E-state index < -0.39 is 10.0 Å². The maximum atomic E-state index is 12.5. The molecule has 3 rings (SSSR count). The van der Waals surface area contributed by atoms with Crippen molar-refractivity contribution in [3.05, 3.63) is 63.1 Å². The molecule has 0 atom stereocenters. The lowest BCUT2D eigenvalue weighted by atomic mass is 10.1. The SMILES string of the molecule is Cc1cc(C)nc(NS(=O)(=O)c2ccc(NC(=O)c3csc(C)c3C)cc2)n1. The van der Waals surface area contributed by atoms with Crippen molar-refractivity contribution in [3.8, 4) is 0 Å². The highest BCUT2D eigenvalue weighted by Crippen LogP contribution is 2.22. The van der Waals surface area contributed by atoms with Gasteiger partial charge in [0.1, 0.15) is 0 Å². The molecule has 2 aromatic heterocycles. The Labute approximate surface area is 167 Å². The van der Waals surface area contributed by atoms with Crippen molar-refractivity contribution in [1.82, 2.24) is 9.97 Å². The van der Waals surface area contributed by atoms with Crippen LogP contribution >= 0.6 is 11.3 Å². The van der Waals surface area contributed by atoms with Crippen molar-refractivity contribution in [2.75, 3.05) is 10.0 Å². The first-order valence-corrected chi connectivity index (χ1v) is 10.8. The average molecular weight is 417 g/mol. The molecule has 3 aromatic rings. The van der Waals surface area contributed by atoms with Crippen molar-refractivity contribution in [2.45, 2.75) is 32.6 Å². The van der Waals surface area contributed by atoms with Gasteiger partial charge >= 0.3 is 0 Å². The van der Waals surface area contributed by atoms with Crippen LogP contribution in [0.5, 0.6) is 0 Å². The zero-order valence-electron chi connectivity index (χ0n) is 15.9. The zero-order valence-corrected chi connectivity index (χ0v) is 17.5. The van der Waals surface area contributed by atoms with Gasteiger partial charge in [-0.2, -0.15) is 0 Å². The van der Waals surface area contributed by atoms with E-state index in [1.807, 2.05) is 19.2 Å². The molecule has 0 bridgehead atoms. The summed E-state index contributed by atoms with van der Waals surface area (Å²) in [5.41, 5.74) is 3.41. The molecule has 7 nitrogen and oxygen atoms in total. The lowest BCUT2D eigenvalue weighted by Gasteiger charge is -2.09. The van der Waals surface area contributed by atoms with Gasteiger partial charge in [0.15, 0.2) is 0 Å². The predicted octanol–water partition coefficient (Wildman–Crippen LogP) is 3.82. The molecule has 0 aliphatic carbocycles. The quantitative estimate of drug-likeness (QED) is 0.658. The Hall–Kier alpha value is -2.78. The summed E-state index contributed by atoms with van der Waals surface area (Å²) in [4.78, 5) is 21.7. The van der Waals surface area contributed by atoms with Gasteiger partial charge in [-0.1, -0.05) is 0 Å². The molecule has 0 fully saturated rings. The lowest BCUT2D eigenvalue weighted by Crippen LogP contribution is -2.16. The van der Waals surface area contributed by atoms with Crippen molar-refractivity contribution in [2.24, 2.45) is 0 Å². The second-order valence-corrected chi connectivity index (χ2v) is 9.16. The first-order chi connectivity index (χ1) is 13.2. The molecule has 0 saturated heterocycles. The number of carbonyl (C=O) groups is 1. The molecular weight excluding hydrogens is 396 g/mol. The highest BCUT2D eigenvalue weighted by molar-refractivity contribution is 7.92. The smallest absolute Gasteiger partial charge is 0.264 e. The van der Waals surface area contributed by atoms with E-state index in [2.05, 4.69) is 20.0 Å².